The summed E-state index contributed by atoms with van der Waals surface area (Å²) >= 11 is 0. The van der Waals surface area contributed by atoms with Gasteiger partial charge in [0.05, 0.1) is 18.0 Å². The third kappa shape index (κ3) is 2.38. The largest absolute Gasteiger partial charge is 0.337 e. The average molecular weight is 352 g/mol. The number of aromatic nitrogens is 1. The molecule has 5 heteroatoms. The maximum absolute atomic E-state index is 13.1. The normalized spacial score (nSPS) is 14.8. The van der Waals surface area contributed by atoms with Gasteiger partial charge in [0.1, 0.15) is 0 Å². The summed E-state index contributed by atoms with van der Waals surface area (Å²) in [6, 6.07) is 15.1. The molecule has 2 aromatic carbocycles. The molecule has 128 valence electrons. The molecule has 0 bridgehead atoms. The number of fused-ring (bicyclic) bond motifs is 3. The molecule has 4 rings (SSSR count). The molecular formula is C20H20N2O2S. The molecule has 3 aromatic rings. The summed E-state index contributed by atoms with van der Waals surface area (Å²) in [6.45, 7) is 8.84. The number of para-hydroxylation sites is 1. The van der Waals surface area contributed by atoms with Crippen molar-refractivity contribution in [3.63, 3.8) is 0 Å². The highest BCUT2D eigenvalue weighted by Gasteiger charge is 2.32. The minimum absolute atomic E-state index is 0.307. The Balaban J connectivity index is 1.82. The topological polar surface area (TPSA) is 42.3 Å². The maximum Gasteiger partial charge on any atom is 0.264 e. The van der Waals surface area contributed by atoms with Crippen LogP contribution in [-0.4, -0.2) is 17.3 Å². The molecule has 0 saturated carbocycles. The third-order valence-corrected chi connectivity index (χ3v) is 6.79. The standard InChI is InChI=1S/C20H20N2O2S/c1-14-8-10-17(11-9-14)25(23,24)22-13-20-16(3)18-6-4-5-7-19(18)21(20)12-15(22)2/h4-11H,2,12-13H2,1,3H3. The Morgan fingerprint density at radius 1 is 0.960 bits per heavy atom. The first-order valence-electron chi connectivity index (χ1n) is 8.23. The van der Waals surface area contributed by atoms with Crippen molar-refractivity contribution in [2.24, 2.45) is 0 Å². The minimum Gasteiger partial charge on any atom is -0.337 e. The van der Waals surface area contributed by atoms with Crippen LogP contribution in [0.5, 0.6) is 0 Å². The predicted octanol–water partition coefficient (Wildman–Crippen LogP) is 3.98. The van der Waals surface area contributed by atoms with Gasteiger partial charge in [0.2, 0.25) is 0 Å². The zero-order chi connectivity index (χ0) is 17.8. The summed E-state index contributed by atoms with van der Waals surface area (Å²) in [7, 11) is -3.60. The maximum atomic E-state index is 13.1. The van der Waals surface area contributed by atoms with Gasteiger partial charge >= 0.3 is 0 Å². The molecule has 0 atom stereocenters. The van der Waals surface area contributed by atoms with Gasteiger partial charge in [-0.15, -0.1) is 0 Å². The van der Waals surface area contributed by atoms with Crippen LogP contribution < -0.4 is 0 Å². The van der Waals surface area contributed by atoms with Crippen molar-refractivity contribution in [1.29, 1.82) is 0 Å². The monoisotopic (exact) mass is 352 g/mol. The first-order chi connectivity index (χ1) is 11.9. The van der Waals surface area contributed by atoms with Crippen LogP contribution in [0.1, 0.15) is 16.8 Å². The molecule has 1 aromatic heterocycles. The highest BCUT2D eigenvalue weighted by Crippen LogP contribution is 2.34. The van der Waals surface area contributed by atoms with Gasteiger partial charge < -0.3 is 4.57 Å². The number of aryl methyl sites for hydroxylation is 2. The molecule has 0 unspecified atom stereocenters. The summed E-state index contributed by atoms with van der Waals surface area (Å²) < 4.78 is 29.8. The molecule has 0 aliphatic carbocycles. The molecule has 4 nitrogen and oxygen atoms in total. The van der Waals surface area contributed by atoms with E-state index in [1.54, 1.807) is 12.1 Å². The van der Waals surface area contributed by atoms with E-state index in [4.69, 9.17) is 0 Å². The van der Waals surface area contributed by atoms with Crippen LogP contribution in [0.2, 0.25) is 0 Å². The van der Waals surface area contributed by atoms with Gasteiger partial charge in [0.15, 0.2) is 0 Å². The van der Waals surface area contributed by atoms with Crippen LogP contribution in [0, 0.1) is 13.8 Å². The lowest BCUT2D eigenvalue weighted by Gasteiger charge is -2.32. The van der Waals surface area contributed by atoms with Crippen molar-refractivity contribution >= 4 is 20.9 Å². The molecule has 0 saturated heterocycles. The van der Waals surface area contributed by atoms with E-state index in [2.05, 4.69) is 30.2 Å². The van der Waals surface area contributed by atoms with Crippen molar-refractivity contribution in [3.8, 4) is 0 Å². The summed E-state index contributed by atoms with van der Waals surface area (Å²) in [6.07, 6.45) is 0. The van der Waals surface area contributed by atoms with E-state index in [1.165, 1.54) is 9.69 Å². The molecule has 0 fully saturated rings. The van der Waals surface area contributed by atoms with Crippen molar-refractivity contribution in [2.75, 3.05) is 0 Å². The lowest BCUT2D eigenvalue weighted by molar-refractivity contribution is 0.410. The smallest absolute Gasteiger partial charge is 0.264 e. The Morgan fingerprint density at radius 3 is 2.36 bits per heavy atom. The minimum atomic E-state index is -3.60. The molecule has 2 heterocycles. The van der Waals surface area contributed by atoms with Gasteiger partial charge in [-0.25, -0.2) is 8.42 Å². The van der Waals surface area contributed by atoms with Crippen molar-refractivity contribution in [3.05, 3.63) is 77.6 Å². The van der Waals surface area contributed by atoms with E-state index in [0.717, 1.165) is 22.3 Å². The number of hydrogen-bond acceptors (Lipinski definition) is 2. The molecule has 1 aliphatic heterocycles. The zero-order valence-electron chi connectivity index (χ0n) is 14.4. The predicted molar refractivity (Wildman–Crippen MR) is 99.7 cm³/mol. The van der Waals surface area contributed by atoms with E-state index in [-0.39, 0.29) is 0 Å². The summed E-state index contributed by atoms with van der Waals surface area (Å²) in [5.41, 5.74) is 4.92. The van der Waals surface area contributed by atoms with Crippen LogP contribution in [0.3, 0.4) is 0 Å². The van der Waals surface area contributed by atoms with Gasteiger partial charge in [-0.3, -0.25) is 4.31 Å². The number of benzene rings is 2. The molecule has 0 radical (unpaired) electrons. The Hall–Kier alpha value is -2.53. The molecule has 0 amide bonds. The van der Waals surface area contributed by atoms with E-state index >= 15 is 0 Å². The Labute approximate surface area is 148 Å². The second-order valence-electron chi connectivity index (χ2n) is 6.57. The second-order valence-corrected chi connectivity index (χ2v) is 8.43. The molecule has 0 N–H and O–H groups in total. The fourth-order valence-electron chi connectivity index (χ4n) is 3.52. The van der Waals surface area contributed by atoms with Gasteiger partial charge in [0.25, 0.3) is 10.0 Å². The zero-order valence-corrected chi connectivity index (χ0v) is 15.2. The van der Waals surface area contributed by atoms with Crippen molar-refractivity contribution in [1.82, 2.24) is 8.87 Å². The van der Waals surface area contributed by atoms with E-state index in [1.807, 2.05) is 31.2 Å². The molecule has 0 spiro atoms. The van der Waals surface area contributed by atoms with Crippen LogP contribution >= 0.6 is 0 Å². The highest BCUT2D eigenvalue weighted by molar-refractivity contribution is 7.89. The van der Waals surface area contributed by atoms with Crippen LogP contribution in [0.25, 0.3) is 10.9 Å². The first-order valence-corrected chi connectivity index (χ1v) is 9.67. The van der Waals surface area contributed by atoms with Gasteiger partial charge in [-0.05, 0) is 37.6 Å². The third-order valence-electron chi connectivity index (χ3n) is 4.95. The average Bonchev–Trinajstić information content (AvgIpc) is 2.87. The fraction of sp³-hybridized carbons (Fsp3) is 0.200. The number of rotatable bonds is 2. The summed E-state index contributed by atoms with van der Waals surface area (Å²) in [5, 5.41) is 1.17. The summed E-state index contributed by atoms with van der Waals surface area (Å²) in [4.78, 5) is 0.307. The Morgan fingerprint density at radius 2 is 1.64 bits per heavy atom. The summed E-state index contributed by atoms with van der Waals surface area (Å²) in [5.74, 6) is 0. The fourth-order valence-corrected chi connectivity index (χ4v) is 4.94. The van der Waals surface area contributed by atoms with E-state index in [9.17, 15) is 8.42 Å². The van der Waals surface area contributed by atoms with Gasteiger partial charge in [-0.1, -0.05) is 42.5 Å². The number of hydrogen-bond donors (Lipinski definition) is 0. The molecule has 1 aliphatic rings. The Bertz CT molecular complexity index is 1090. The lowest BCUT2D eigenvalue weighted by Crippen LogP contribution is -2.36. The first kappa shape index (κ1) is 16.0. The second kappa shape index (κ2) is 5.49. The SMILES string of the molecule is C=C1Cn2c(c(C)c3ccccc32)CN1S(=O)(=O)c1ccc(C)cc1. The molecular weight excluding hydrogens is 332 g/mol. The van der Waals surface area contributed by atoms with Crippen molar-refractivity contribution in [2.45, 2.75) is 31.8 Å². The van der Waals surface area contributed by atoms with Crippen LogP contribution in [0.4, 0.5) is 0 Å². The van der Waals surface area contributed by atoms with Gasteiger partial charge in [-0.2, -0.15) is 0 Å². The number of sulfonamides is 1. The lowest BCUT2D eigenvalue weighted by atomic mass is 10.1. The number of allylic oxidation sites excluding steroid dienone is 1. The molecule has 25 heavy (non-hydrogen) atoms. The number of nitrogens with zero attached hydrogens (tertiary/aromatic N) is 2. The van der Waals surface area contributed by atoms with Gasteiger partial charge in [0, 0.05) is 22.3 Å². The Kier molecular flexibility index (Phi) is 3.51. The van der Waals surface area contributed by atoms with E-state index < -0.39 is 10.0 Å². The van der Waals surface area contributed by atoms with E-state index in [0.29, 0.717) is 23.7 Å². The van der Waals surface area contributed by atoms with Crippen molar-refractivity contribution < 1.29 is 8.42 Å². The quantitative estimate of drug-likeness (QED) is 0.700. The van der Waals surface area contributed by atoms with Crippen LogP contribution in [-0.2, 0) is 23.1 Å². The highest BCUT2D eigenvalue weighted by atomic mass is 32.2. The van der Waals surface area contributed by atoms with Crippen LogP contribution in [0.15, 0.2) is 65.7 Å².